The molecule has 0 radical (unpaired) electrons. The summed E-state index contributed by atoms with van der Waals surface area (Å²) in [6, 6.07) is 0. The molecule has 16 heteroatoms. The van der Waals surface area contributed by atoms with Gasteiger partial charge in [-0.1, -0.05) is 42.9 Å². The van der Waals surface area contributed by atoms with Crippen LogP contribution in [-0.2, 0) is 0 Å². The van der Waals surface area contributed by atoms with Gasteiger partial charge in [-0.2, -0.15) is 65.9 Å². The van der Waals surface area contributed by atoms with Gasteiger partial charge in [0.15, 0.2) is 0 Å². The van der Waals surface area contributed by atoms with E-state index in [2.05, 4.69) is 0 Å². The van der Waals surface area contributed by atoms with Gasteiger partial charge in [0, 0.05) is 9.84 Å². The van der Waals surface area contributed by atoms with Crippen LogP contribution >= 0.6 is 22.6 Å². The molecule has 0 nitrogen and oxygen atoms in total. The van der Waals surface area contributed by atoms with Crippen LogP contribution in [0.2, 0.25) is 0 Å². The highest BCUT2D eigenvalue weighted by Crippen LogP contribution is 2.63. The quantitative estimate of drug-likeness (QED) is 0.137. The number of hydrogen-bond donors (Lipinski definition) is 0. The molecule has 0 aliphatic heterocycles. The summed E-state index contributed by atoms with van der Waals surface area (Å²) in [5.74, 6) is -48.8. The molecular formula is C14H14F15I. The molecule has 0 saturated carbocycles. The molecule has 30 heavy (non-hydrogen) atoms. The van der Waals surface area contributed by atoms with Crippen molar-refractivity contribution in [2.75, 3.05) is 0 Å². The van der Waals surface area contributed by atoms with Crippen molar-refractivity contribution in [3.05, 3.63) is 0 Å². The predicted octanol–water partition coefficient (Wildman–Crippen LogP) is 7.99. The molecule has 2 atom stereocenters. The molecule has 2 unspecified atom stereocenters. The average Bonchev–Trinajstić information content (AvgIpc) is 2.53. The van der Waals surface area contributed by atoms with Crippen molar-refractivity contribution in [3.8, 4) is 0 Å². The van der Waals surface area contributed by atoms with E-state index in [1.54, 1.807) is 0 Å². The van der Waals surface area contributed by atoms with Crippen molar-refractivity contribution in [2.45, 2.75) is 78.7 Å². The topological polar surface area (TPSA) is 0 Å². The van der Waals surface area contributed by atoms with Gasteiger partial charge >= 0.3 is 41.7 Å². The van der Waals surface area contributed by atoms with E-state index in [0.29, 0.717) is 0 Å². The molecule has 0 aliphatic rings. The maximum absolute atomic E-state index is 14.2. The second-order valence-electron chi connectivity index (χ2n) is 6.31. The van der Waals surface area contributed by atoms with Crippen LogP contribution in [0.5, 0.6) is 0 Å². The Morgan fingerprint density at radius 2 is 0.900 bits per heavy atom. The first kappa shape index (κ1) is 29.7. The summed E-state index contributed by atoms with van der Waals surface area (Å²) < 4.78 is 197. The summed E-state index contributed by atoms with van der Waals surface area (Å²) in [4.78, 5) is 0. The summed E-state index contributed by atoms with van der Waals surface area (Å²) in [7, 11) is 0. The van der Waals surface area contributed by atoms with Gasteiger partial charge in [-0.05, 0) is 12.8 Å². The lowest BCUT2D eigenvalue weighted by Crippen LogP contribution is -2.73. The zero-order valence-electron chi connectivity index (χ0n) is 14.8. The Balaban J connectivity index is 6.61. The summed E-state index contributed by atoms with van der Waals surface area (Å²) in [6.07, 6.45) is -8.97. The van der Waals surface area contributed by atoms with Gasteiger partial charge < -0.3 is 0 Å². The van der Waals surface area contributed by atoms with E-state index in [1.165, 1.54) is 6.92 Å². The van der Waals surface area contributed by atoms with Crippen LogP contribution in [-0.4, -0.2) is 45.6 Å². The number of alkyl halides is 16. The van der Waals surface area contributed by atoms with Crippen molar-refractivity contribution in [1.29, 1.82) is 0 Å². The van der Waals surface area contributed by atoms with Crippen LogP contribution in [0.1, 0.15) is 33.1 Å². The van der Waals surface area contributed by atoms with Crippen LogP contribution in [0.25, 0.3) is 0 Å². The highest BCUT2D eigenvalue weighted by atomic mass is 127. The van der Waals surface area contributed by atoms with Crippen molar-refractivity contribution in [3.63, 3.8) is 0 Å². The Morgan fingerprint density at radius 1 is 0.567 bits per heavy atom. The Morgan fingerprint density at radius 3 is 1.20 bits per heavy atom. The SMILES string of the molecule is CCCC(I)C(CC)C(F)(F)C(F)(F)C(F)(F)C(F)(F)C(F)(F)C(F)(F)C(F)(F)F. The number of hydrogen-bond acceptors (Lipinski definition) is 0. The smallest absolute Gasteiger partial charge is 0.199 e. The lowest BCUT2D eigenvalue weighted by Gasteiger charge is -2.43. The van der Waals surface area contributed by atoms with Gasteiger partial charge in [0.1, 0.15) is 0 Å². The molecule has 0 aromatic rings. The summed E-state index contributed by atoms with van der Waals surface area (Å²) in [5.41, 5.74) is 0. The van der Waals surface area contributed by atoms with Crippen LogP contribution in [0.3, 0.4) is 0 Å². The minimum Gasteiger partial charge on any atom is -0.199 e. The van der Waals surface area contributed by atoms with E-state index in [4.69, 9.17) is 0 Å². The highest BCUT2D eigenvalue weighted by molar-refractivity contribution is 14.1. The molecule has 0 fully saturated rings. The number of halogens is 16. The standard InChI is InChI=1S/C14H14F15I/c1-3-5-7(30)6(4-2)8(15,16)9(17,18)10(19,20)11(21,22)12(23,24)13(25,26)14(27,28)29/h6-7H,3-5H2,1-2H3. The second kappa shape index (κ2) is 8.56. The van der Waals surface area contributed by atoms with Gasteiger partial charge in [-0.25, -0.2) is 0 Å². The molecule has 0 aromatic heterocycles. The van der Waals surface area contributed by atoms with Crippen LogP contribution in [0, 0.1) is 5.92 Å². The normalized spacial score (nSPS) is 17.8. The van der Waals surface area contributed by atoms with Crippen LogP contribution in [0.4, 0.5) is 65.9 Å². The van der Waals surface area contributed by atoms with E-state index in [9.17, 15) is 65.9 Å². The largest absolute Gasteiger partial charge is 0.460 e. The fourth-order valence-corrected chi connectivity index (χ4v) is 4.01. The van der Waals surface area contributed by atoms with Crippen molar-refractivity contribution in [1.82, 2.24) is 0 Å². The van der Waals surface area contributed by atoms with Gasteiger partial charge in [-0.3, -0.25) is 0 Å². The first-order valence-corrected chi connectivity index (χ1v) is 9.15. The Hall–Kier alpha value is -0.320. The van der Waals surface area contributed by atoms with Gasteiger partial charge in [0.05, 0.1) is 0 Å². The Bertz CT molecular complexity index is 580. The molecule has 0 saturated heterocycles. The van der Waals surface area contributed by atoms with Crippen molar-refractivity contribution in [2.24, 2.45) is 5.92 Å². The Labute approximate surface area is 173 Å². The van der Waals surface area contributed by atoms with Gasteiger partial charge in [0.2, 0.25) is 0 Å². The van der Waals surface area contributed by atoms with E-state index in [0.717, 1.165) is 29.5 Å². The third-order valence-corrected chi connectivity index (χ3v) is 5.75. The summed E-state index contributed by atoms with van der Waals surface area (Å²) in [6.45, 7) is 2.09. The highest BCUT2D eigenvalue weighted by Gasteiger charge is 2.93. The lowest BCUT2D eigenvalue weighted by molar-refractivity contribution is -0.454. The molecular weight excluding hydrogens is 580 g/mol. The molecule has 0 amide bonds. The maximum Gasteiger partial charge on any atom is 0.460 e. The van der Waals surface area contributed by atoms with E-state index >= 15 is 0 Å². The minimum atomic E-state index is -8.23. The molecule has 0 spiro atoms. The lowest BCUT2D eigenvalue weighted by atomic mass is 9.83. The fraction of sp³-hybridized carbons (Fsp3) is 1.00. The van der Waals surface area contributed by atoms with Gasteiger partial charge in [-0.15, -0.1) is 0 Å². The monoisotopic (exact) mass is 594 g/mol. The van der Waals surface area contributed by atoms with E-state index in [-0.39, 0.29) is 12.8 Å². The second-order valence-corrected chi connectivity index (χ2v) is 7.91. The molecule has 0 rings (SSSR count). The van der Waals surface area contributed by atoms with Crippen molar-refractivity contribution < 1.29 is 65.9 Å². The molecule has 0 heterocycles. The first-order valence-electron chi connectivity index (χ1n) is 7.91. The maximum atomic E-state index is 14.2. The summed E-state index contributed by atoms with van der Waals surface area (Å²) >= 11 is 1.09. The van der Waals surface area contributed by atoms with Crippen LogP contribution in [0.15, 0.2) is 0 Å². The zero-order valence-corrected chi connectivity index (χ0v) is 17.0. The zero-order chi connectivity index (χ0) is 24.8. The molecule has 0 aliphatic carbocycles. The van der Waals surface area contributed by atoms with Crippen LogP contribution < -0.4 is 0 Å². The van der Waals surface area contributed by atoms with Crippen molar-refractivity contribution >= 4 is 22.6 Å². The Kier molecular flexibility index (Phi) is 8.46. The fourth-order valence-electron chi connectivity index (χ4n) is 2.43. The average molecular weight is 594 g/mol. The third kappa shape index (κ3) is 4.18. The van der Waals surface area contributed by atoms with E-state index in [1.807, 2.05) is 0 Å². The predicted molar refractivity (Wildman–Crippen MR) is 82.2 cm³/mol. The molecule has 0 aromatic carbocycles. The third-order valence-electron chi connectivity index (χ3n) is 4.26. The van der Waals surface area contributed by atoms with Gasteiger partial charge in [0.25, 0.3) is 0 Å². The van der Waals surface area contributed by atoms with E-state index < -0.39 is 58.0 Å². The first-order chi connectivity index (χ1) is 12.9. The number of rotatable bonds is 10. The molecule has 0 bridgehead atoms. The molecule has 0 N–H and O–H groups in total. The summed E-state index contributed by atoms with van der Waals surface area (Å²) in [5, 5.41) is 0. The minimum absolute atomic E-state index is 0.0220. The molecule has 182 valence electrons.